The smallest absolute Gasteiger partial charge is 0.220 e. The summed E-state index contributed by atoms with van der Waals surface area (Å²) in [5.74, 6) is 3.57. The first-order chi connectivity index (χ1) is 13.0. The lowest BCUT2D eigenvalue weighted by molar-refractivity contribution is -0.122. The predicted molar refractivity (Wildman–Crippen MR) is 121 cm³/mol. The number of amides is 1. The lowest BCUT2D eigenvalue weighted by Crippen LogP contribution is -2.41. The summed E-state index contributed by atoms with van der Waals surface area (Å²) in [5, 5.41) is 3.40. The van der Waals surface area contributed by atoms with Crippen molar-refractivity contribution in [2.45, 2.75) is 125 Å². The van der Waals surface area contributed by atoms with Crippen molar-refractivity contribution >= 4 is 5.91 Å². The second kappa shape index (κ2) is 9.98. The van der Waals surface area contributed by atoms with E-state index in [0.717, 1.165) is 36.5 Å². The Kier molecular flexibility index (Phi) is 8.47. The zero-order valence-electron chi connectivity index (χ0n) is 20.1. The summed E-state index contributed by atoms with van der Waals surface area (Å²) in [5.41, 5.74) is 0.661. The Bertz CT molecular complexity index is 489. The lowest BCUT2D eigenvalue weighted by Gasteiger charge is -2.38. The minimum Gasteiger partial charge on any atom is -0.353 e. The van der Waals surface area contributed by atoms with Gasteiger partial charge in [0.1, 0.15) is 0 Å². The Hall–Kier alpha value is -0.530. The van der Waals surface area contributed by atoms with Crippen LogP contribution in [0.15, 0.2) is 0 Å². The summed E-state index contributed by atoms with van der Waals surface area (Å²) in [6.07, 6.45) is 13.5. The van der Waals surface area contributed by atoms with Crippen LogP contribution in [0.3, 0.4) is 0 Å². The number of carbonyl (C=O) groups excluding carboxylic acids is 1. The van der Waals surface area contributed by atoms with Gasteiger partial charge >= 0.3 is 0 Å². The second-order valence-electron chi connectivity index (χ2n) is 12.5. The molecule has 5 unspecified atom stereocenters. The van der Waals surface area contributed by atoms with Crippen molar-refractivity contribution in [3.05, 3.63) is 0 Å². The minimum absolute atomic E-state index is 0.281. The van der Waals surface area contributed by atoms with Crippen molar-refractivity contribution in [1.29, 1.82) is 0 Å². The second-order valence-corrected chi connectivity index (χ2v) is 12.5. The Morgan fingerprint density at radius 3 is 2.14 bits per heavy atom. The molecule has 0 aromatic carbocycles. The van der Waals surface area contributed by atoms with E-state index in [2.05, 4.69) is 53.8 Å². The summed E-state index contributed by atoms with van der Waals surface area (Å²) < 4.78 is 0. The van der Waals surface area contributed by atoms with Gasteiger partial charge in [-0.3, -0.25) is 4.79 Å². The largest absolute Gasteiger partial charge is 0.353 e. The van der Waals surface area contributed by atoms with Crippen molar-refractivity contribution in [3.8, 4) is 0 Å². The fourth-order valence-electron chi connectivity index (χ4n) is 5.88. The summed E-state index contributed by atoms with van der Waals surface area (Å²) in [6.45, 7) is 16.6. The van der Waals surface area contributed by atoms with E-state index in [1.54, 1.807) is 0 Å². The van der Waals surface area contributed by atoms with Crippen LogP contribution in [0, 0.1) is 34.5 Å². The van der Waals surface area contributed by atoms with E-state index < -0.39 is 0 Å². The molecule has 2 aliphatic carbocycles. The molecule has 28 heavy (non-hydrogen) atoms. The van der Waals surface area contributed by atoms with Crippen LogP contribution in [0.25, 0.3) is 0 Å². The van der Waals surface area contributed by atoms with E-state index in [9.17, 15) is 4.79 Å². The average molecular weight is 392 g/mol. The third kappa shape index (κ3) is 8.07. The van der Waals surface area contributed by atoms with Gasteiger partial charge in [-0.2, -0.15) is 0 Å². The minimum atomic E-state index is 0.281. The molecule has 0 radical (unpaired) electrons. The summed E-state index contributed by atoms with van der Waals surface area (Å²) in [7, 11) is 0. The summed E-state index contributed by atoms with van der Waals surface area (Å²) in [4.78, 5) is 12.7. The zero-order valence-corrected chi connectivity index (χ0v) is 20.1. The molecule has 0 saturated heterocycles. The molecule has 2 nitrogen and oxygen atoms in total. The molecule has 0 aromatic heterocycles. The molecule has 164 valence electrons. The maximum atomic E-state index is 12.7. The topological polar surface area (TPSA) is 29.1 Å². The number of hydrogen-bond donors (Lipinski definition) is 1. The molecule has 2 aliphatic rings. The van der Waals surface area contributed by atoms with Gasteiger partial charge in [0, 0.05) is 12.5 Å². The molecule has 0 spiro atoms. The summed E-state index contributed by atoms with van der Waals surface area (Å²) >= 11 is 0. The third-order valence-corrected chi connectivity index (χ3v) is 7.73. The van der Waals surface area contributed by atoms with Gasteiger partial charge < -0.3 is 5.32 Å². The Morgan fingerprint density at radius 2 is 1.50 bits per heavy atom. The Labute approximate surface area is 176 Å². The molecule has 5 atom stereocenters. The maximum absolute atomic E-state index is 12.7. The lowest BCUT2D eigenvalue weighted by atomic mass is 9.70. The molecule has 0 heterocycles. The number of nitrogens with one attached hydrogen (secondary N) is 1. The van der Waals surface area contributed by atoms with Crippen molar-refractivity contribution in [2.75, 3.05) is 0 Å². The maximum Gasteiger partial charge on any atom is 0.220 e. The van der Waals surface area contributed by atoms with Crippen molar-refractivity contribution < 1.29 is 4.79 Å². The van der Waals surface area contributed by atoms with E-state index >= 15 is 0 Å². The molecule has 2 rings (SSSR count). The highest BCUT2D eigenvalue weighted by atomic mass is 16.1. The van der Waals surface area contributed by atoms with E-state index in [0.29, 0.717) is 23.8 Å². The van der Waals surface area contributed by atoms with E-state index in [4.69, 9.17) is 0 Å². The van der Waals surface area contributed by atoms with Gasteiger partial charge in [0.2, 0.25) is 5.91 Å². The van der Waals surface area contributed by atoms with Gasteiger partial charge in [0.05, 0.1) is 0 Å². The van der Waals surface area contributed by atoms with Crippen LogP contribution < -0.4 is 5.32 Å². The number of carbonyl (C=O) groups is 1. The first kappa shape index (κ1) is 23.7. The van der Waals surface area contributed by atoms with Crippen LogP contribution in [0.5, 0.6) is 0 Å². The van der Waals surface area contributed by atoms with Gasteiger partial charge in [-0.1, -0.05) is 74.1 Å². The molecule has 0 aromatic rings. The molecule has 2 heteroatoms. The van der Waals surface area contributed by atoms with Crippen molar-refractivity contribution in [1.82, 2.24) is 5.32 Å². The van der Waals surface area contributed by atoms with E-state index in [-0.39, 0.29) is 5.41 Å². The van der Waals surface area contributed by atoms with Crippen LogP contribution in [0.4, 0.5) is 0 Å². The predicted octanol–water partition coefficient (Wildman–Crippen LogP) is 7.37. The Morgan fingerprint density at radius 1 is 0.857 bits per heavy atom. The average Bonchev–Trinajstić information content (AvgIpc) is 2.57. The van der Waals surface area contributed by atoms with Gasteiger partial charge in [0.25, 0.3) is 0 Å². The highest BCUT2D eigenvalue weighted by Crippen LogP contribution is 2.40. The molecule has 1 amide bonds. The van der Waals surface area contributed by atoms with Crippen molar-refractivity contribution in [2.24, 2.45) is 34.5 Å². The monoisotopic (exact) mass is 391 g/mol. The molecule has 2 saturated carbocycles. The fourth-order valence-corrected chi connectivity index (χ4v) is 5.88. The van der Waals surface area contributed by atoms with Crippen LogP contribution in [-0.2, 0) is 4.79 Å². The molecule has 1 N–H and O–H groups in total. The first-order valence-corrected chi connectivity index (χ1v) is 12.2. The van der Waals surface area contributed by atoms with Gasteiger partial charge in [-0.05, 0) is 73.0 Å². The number of rotatable bonds is 7. The molecule has 0 aliphatic heterocycles. The number of hydrogen-bond acceptors (Lipinski definition) is 1. The van der Waals surface area contributed by atoms with Crippen LogP contribution in [0.2, 0.25) is 0 Å². The van der Waals surface area contributed by atoms with Gasteiger partial charge in [0.15, 0.2) is 0 Å². The Balaban J connectivity index is 1.76. The van der Waals surface area contributed by atoms with E-state index in [1.807, 2.05) is 0 Å². The SMILES string of the molecule is CC1CCC(NC(=O)CCC(C)(C)CC2CCCCC2C)CC1CC(C)(C)C. The fraction of sp³-hybridized carbons (Fsp3) is 0.962. The van der Waals surface area contributed by atoms with Gasteiger partial charge in [-0.15, -0.1) is 0 Å². The highest BCUT2D eigenvalue weighted by Gasteiger charge is 2.32. The normalized spacial score (nSPS) is 32.2. The first-order valence-electron chi connectivity index (χ1n) is 12.2. The van der Waals surface area contributed by atoms with Crippen LogP contribution in [0.1, 0.15) is 119 Å². The summed E-state index contributed by atoms with van der Waals surface area (Å²) in [6, 6.07) is 0.400. The molecule has 2 fully saturated rings. The quantitative estimate of drug-likeness (QED) is 0.482. The van der Waals surface area contributed by atoms with Crippen LogP contribution >= 0.6 is 0 Å². The molecular weight excluding hydrogens is 342 g/mol. The van der Waals surface area contributed by atoms with Gasteiger partial charge in [-0.25, -0.2) is 0 Å². The molecular formula is C26H49NO. The third-order valence-electron chi connectivity index (χ3n) is 7.73. The van der Waals surface area contributed by atoms with Crippen molar-refractivity contribution in [3.63, 3.8) is 0 Å². The van der Waals surface area contributed by atoms with Crippen LogP contribution in [-0.4, -0.2) is 11.9 Å². The van der Waals surface area contributed by atoms with E-state index in [1.165, 1.54) is 51.4 Å². The molecule has 0 bridgehead atoms. The zero-order chi connectivity index (χ0) is 20.9. The standard InChI is InChI=1S/C26H49NO/c1-19-10-8-9-11-21(19)18-26(6,7)15-14-24(28)27-23-13-12-20(2)22(16-23)17-25(3,4)5/h19-23H,8-18H2,1-7H3,(H,27,28). The highest BCUT2D eigenvalue weighted by molar-refractivity contribution is 5.76.